The first-order valence-electron chi connectivity index (χ1n) is 11.2. The van der Waals surface area contributed by atoms with Gasteiger partial charge in [-0.15, -0.1) is 11.3 Å². The molecule has 3 aromatic rings. The number of carbonyl (C=O) groups is 4. The molecular formula is C26H24N2O6S. The van der Waals surface area contributed by atoms with Crippen molar-refractivity contribution >= 4 is 40.0 Å². The molecule has 0 atom stereocenters. The first-order chi connectivity index (χ1) is 16.9. The highest BCUT2D eigenvalue weighted by Crippen LogP contribution is 2.32. The van der Waals surface area contributed by atoms with Gasteiger partial charge >= 0.3 is 5.97 Å². The Morgan fingerprint density at radius 2 is 1.69 bits per heavy atom. The highest BCUT2D eigenvalue weighted by atomic mass is 32.1. The van der Waals surface area contributed by atoms with Gasteiger partial charge < -0.3 is 14.8 Å². The first kappa shape index (κ1) is 24.2. The predicted molar refractivity (Wildman–Crippen MR) is 131 cm³/mol. The quantitative estimate of drug-likeness (QED) is 0.353. The van der Waals surface area contributed by atoms with Crippen LogP contribution >= 0.6 is 11.3 Å². The number of hydrogen-bond acceptors (Lipinski definition) is 7. The van der Waals surface area contributed by atoms with Crippen LogP contribution in [0.2, 0.25) is 0 Å². The van der Waals surface area contributed by atoms with Gasteiger partial charge in [-0.1, -0.05) is 31.2 Å². The third-order valence-electron chi connectivity index (χ3n) is 5.40. The van der Waals surface area contributed by atoms with E-state index in [1.807, 2.05) is 25.1 Å². The van der Waals surface area contributed by atoms with Crippen LogP contribution in [0.4, 0.5) is 5.00 Å². The SMILES string of the molecule is CCOC(=O)c1cc(CN2C(=O)c3ccccc3C2=O)sc1NC(=O)COc1cccc(CC)c1. The fourth-order valence-electron chi connectivity index (χ4n) is 3.68. The first-order valence-corrected chi connectivity index (χ1v) is 12.0. The van der Waals surface area contributed by atoms with E-state index in [1.165, 1.54) is 6.07 Å². The van der Waals surface area contributed by atoms with Gasteiger partial charge in [-0.25, -0.2) is 4.79 Å². The Kier molecular flexibility index (Phi) is 7.26. The van der Waals surface area contributed by atoms with Crippen molar-refractivity contribution in [2.24, 2.45) is 0 Å². The third kappa shape index (κ3) is 5.25. The average molecular weight is 493 g/mol. The summed E-state index contributed by atoms with van der Waals surface area (Å²) in [6.45, 7) is 3.59. The Hall–Kier alpha value is -3.98. The smallest absolute Gasteiger partial charge is 0.341 e. The normalized spacial score (nSPS) is 12.5. The Morgan fingerprint density at radius 1 is 0.971 bits per heavy atom. The second-order valence-corrected chi connectivity index (χ2v) is 8.89. The van der Waals surface area contributed by atoms with Crippen LogP contribution in [0.1, 0.15) is 55.4 Å². The number of imide groups is 1. The number of hydrogen-bond donors (Lipinski definition) is 1. The molecule has 9 heteroatoms. The van der Waals surface area contributed by atoms with Crippen LogP contribution in [0.5, 0.6) is 5.75 Å². The van der Waals surface area contributed by atoms with Gasteiger partial charge in [0.1, 0.15) is 10.8 Å². The topological polar surface area (TPSA) is 102 Å². The molecule has 0 aliphatic carbocycles. The minimum absolute atomic E-state index is 0.0282. The largest absolute Gasteiger partial charge is 0.484 e. The highest BCUT2D eigenvalue weighted by molar-refractivity contribution is 7.16. The fraction of sp³-hybridized carbons (Fsp3) is 0.231. The van der Waals surface area contributed by atoms with Crippen molar-refractivity contribution in [3.8, 4) is 5.75 Å². The Labute approximate surface area is 206 Å². The van der Waals surface area contributed by atoms with Crippen LogP contribution in [-0.2, 0) is 22.5 Å². The van der Waals surface area contributed by atoms with E-state index in [-0.39, 0.29) is 30.3 Å². The van der Waals surface area contributed by atoms with Crippen molar-refractivity contribution < 1.29 is 28.7 Å². The van der Waals surface area contributed by atoms with Gasteiger partial charge in [-0.3, -0.25) is 19.3 Å². The zero-order valence-corrected chi connectivity index (χ0v) is 20.1. The van der Waals surface area contributed by atoms with Crippen LogP contribution < -0.4 is 10.1 Å². The second kappa shape index (κ2) is 10.5. The molecule has 1 N–H and O–H groups in total. The van der Waals surface area contributed by atoms with Crippen LogP contribution in [0.15, 0.2) is 54.6 Å². The summed E-state index contributed by atoms with van der Waals surface area (Å²) in [5.74, 6) is -1.28. The zero-order chi connectivity index (χ0) is 24.9. The summed E-state index contributed by atoms with van der Waals surface area (Å²) in [5.41, 5.74) is 1.93. The third-order valence-corrected chi connectivity index (χ3v) is 6.44. The lowest BCUT2D eigenvalue weighted by atomic mass is 10.1. The van der Waals surface area contributed by atoms with Crippen LogP contribution in [-0.4, -0.2) is 41.8 Å². The molecule has 0 bridgehead atoms. The second-order valence-electron chi connectivity index (χ2n) is 7.76. The molecule has 0 saturated carbocycles. The molecule has 2 heterocycles. The summed E-state index contributed by atoms with van der Waals surface area (Å²) in [6, 6.07) is 15.6. The maximum absolute atomic E-state index is 12.7. The molecule has 1 aromatic heterocycles. The van der Waals surface area contributed by atoms with E-state index >= 15 is 0 Å². The number of anilines is 1. The Bertz CT molecular complexity index is 1260. The van der Waals surface area contributed by atoms with Crippen molar-refractivity contribution in [3.63, 3.8) is 0 Å². The molecule has 1 aliphatic heterocycles. The number of rotatable bonds is 9. The van der Waals surface area contributed by atoms with Gasteiger partial charge in [0.15, 0.2) is 6.61 Å². The molecule has 0 fully saturated rings. The molecular weight excluding hydrogens is 468 g/mol. The number of nitrogens with zero attached hydrogens (tertiary/aromatic N) is 1. The molecule has 35 heavy (non-hydrogen) atoms. The molecule has 0 spiro atoms. The Morgan fingerprint density at radius 3 is 2.34 bits per heavy atom. The van der Waals surface area contributed by atoms with E-state index < -0.39 is 23.7 Å². The summed E-state index contributed by atoms with van der Waals surface area (Å²) in [6.07, 6.45) is 0.845. The summed E-state index contributed by atoms with van der Waals surface area (Å²) in [7, 11) is 0. The number of ether oxygens (including phenoxy) is 2. The molecule has 4 rings (SSSR count). The van der Waals surface area contributed by atoms with Gasteiger partial charge in [0.05, 0.1) is 29.8 Å². The molecule has 8 nitrogen and oxygen atoms in total. The van der Waals surface area contributed by atoms with Crippen molar-refractivity contribution in [1.29, 1.82) is 0 Å². The van der Waals surface area contributed by atoms with Gasteiger partial charge in [0.25, 0.3) is 17.7 Å². The van der Waals surface area contributed by atoms with E-state index in [2.05, 4.69) is 5.32 Å². The number of aryl methyl sites for hydroxylation is 1. The van der Waals surface area contributed by atoms with Crippen molar-refractivity contribution in [2.45, 2.75) is 26.8 Å². The Balaban J connectivity index is 1.49. The summed E-state index contributed by atoms with van der Waals surface area (Å²) < 4.78 is 10.7. The standard InChI is InChI=1S/C26H24N2O6S/c1-3-16-8-7-9-17(12-16)34-15-22(29)27-23-21(26(32)33-4-2)13-18(35-23)14-28-24(30)19-10-5-6-11-20(19)25(28)31/h5-13H,3-4,14-15H2,1-2H3,(H,27,29). The highest BCUT2D eigenvalue weighted by Gasteiger charge is 2.35. The van der Waals surface area contributed by atoms with Gasteiger partial charge in [0.2, 0.25) is 0 Å². The number of benzene rings is 2. The maximum Gasteiger partial charge on any atom is 0.341 e. The monoisotopic (exact) mass is 492 g/mol. The molecule has 180 valence electrons. The number of esters is 1. The predicted octanol–water partition coefficient (Wildman–Crippen LogP) is 4.30. The minimum Gasteiger partial charge on any atom is -0.484 e. The van der Waals surface area contributed by atoms with Crippen LogP contribution in [0, 0.1) is 0 Å². The lowest BCUT2D eigenvalue weighted by Gasteiger charge is -2.12. The molecule has 1 aliphatic rings. The summed E-state index contributed by atoms with van der Waals surface area (Å²) in [5, 5.41) is 2.97. The summed E-state index contributed by atoms with van der Waals surface area (Å²) >= 11 is 1.10. The van der Waals surface area contributed by atoms with E-state index in [0.29, 0.717) is 21.8 Å². The number of amides is 3. The van der Waals surface area contributed by atoms with E-state index in [1.54, 1.807) is 37.3 Å². The lowest BCUT2D eigenvalue weighted by molar-refractivity contribution is -0.118. The molecule has 0 unspecified atom stereocenters. The zero-order valence-electron chi connectivity index (χ0n) is 19.3. The maximum atomic E-state index is 12.7. The molecule has 0 saturated heterocycles. The van der Waals surface area contributed by atoms with Crippen LogP contribution in [0.3, 0.4) is 0 Å². The van der Waals surface area contributed by atoms with E-state index in [4.69, 9.17) is 9.47 Å². The van der Waals surface area contributed by atoms with E-state index in [9.17, 15) is 19.2 Å². The fourth-order valence-corrected chi connectivity index (χ4v) is 4.73. The molecule has 0 radical (unpaired) electrons. The van der Waals surface area contributed by atoms with Gasteiger partial charge in [-0.2, -0.15) is 0 Å². The van der Waals surface area contributed by atoms with Crippen molar-refractivity contribution in [1.82, 2.24) is 4.90 Å². The lowest BCUT2D eigenvalue weighted by Crippen LogP contribution is -2.28. The van der Waals surface area contributed by atoms with Crippen molar-refractivity contribution in [3.05, 3.63) is 81.7 Å². The number of fused-ring (bicyclic) bond motifs is 1. The number of thiophene rings is 1. The van der Waals surface area contributed by atoms with Gasteiger partial charge in [0, 0.05) is 4.88 Å². The molecule has 3 amide bonds. The molecule has 2 aromatic carbocycles. The van der Waals surface area contributed by atoms with Gasteiger partial charge in [-0.05, 0) is 49.2 Å². The minimum atomic E-state index is -0.607. The number of nitrogens with one attached hydrogen (secondary N) is 1. The van der Waals surface area contributed by atoms with E-state index in [0.717, 1.165) is 28.2 Å². The van der Waals surface area contributed by atoms with Crippen LogP contribution in [0.25, 0.3) is 0 Å². The van der Waals surface area contributed by atoms with Crippen molar-refractivity contribution in [2.75, 3.05) is 18.5 Å². The summed E-state index contributed by atoms with van der Waals surface area (Å²) in [4.78, 5) is 52.2. The number of carbonyl (C=O) groups excluding carboxylic acids is 4. The average Bonchev–Trinajstić information content (AvgIpc) is 3.37.